The summed E-state index contributed by atoms with van der Waals surface area (Å²) in [4.78, 5) is 43.4. The third-order valence-corrected chi connectivity index (χ3v) is 4.40. The second-order valence-electron chi connectivity index (χ2n) is 7.50. The lowest BCUT2D eigenvalue weighted by Gasteiger charge is -2.23. The Hall–Kier alpha value is -3.06. The van der Waals surface area contributed by atoms with Gasteiger partial charge in [0.15, 0.2) is 10.8 Å². The number of nitro groups is 1. The maximum atomic E-state index is 12.8. The first-order valence-electron chi connectivity index (χ1n) is 9.90. The first-order chi connectivity index (χ1) is 14.6. The Kier molecular flexibility index (Phi) is 11.1. The molecule has 1 rings (SSSR count). The van der Waals surface area contributed by atoms with Crippen molar-refractivity contribution in [1.82, 2.24) is 15.7 Å². The third kappa shape index (κ3) is 10.5. The Bertz CT molecular complexity index is 761. The molecule has 0 aliphatic carbocycles. The minimum atomic E-state index is -1.74. The molecule has 0 spiro atoms. The largest absolute Gasteiger partial charge is 0.475 e. The van der Waals surface area contributed by atoms with Crippen molar-refractivity contribution in [3.8, 4) is 0 Å². The number of amides is 1. The lowest BCUT2D eigenvalue weighted by molar-refractivity contribution is -0.525. The summed E-state index contributed by atoms with van der Waals surface area (Å²) in [6, 6.07) is 3.21. The molecule has 0 bridgehead atoms. The number of nitrogens with zero attached hydrogens (tertiary/aromatic N) is 3. The monoisotopic (exact) mass is 436 g/mol. The number of hydrogen-bond acceptors (Lipinski definition) is 8. The normalized spacial score (nSPS) is 13.4. The molecular weight excluding hydrogens is 407 g/mol. The van der Waals surface area contributed by atoms with Gasteiger partial charge in [0.1, 0.15) is 0 Å². The van der Waals surface area contributed by atoms with E-state index in [0.29, 0.717) is 18.4 Å². The van der Waals surface area contributed by atoms with Gasteiger partial charge in [-0.15, -0.1) is 0 Å². The number of rotatable bonds is 13. The van der Waals surface area contributed by atoms with Gasteiger partial charge in [-0.25, -0.2) is 15.1 Å². The molecule has 1 aromatic heterocycles. The molecule has 0 saturated heterocycles. The van der Waals surface area contributed by atoms with Crippen LogP contribution in [0.2, 0.25) is 0 Å². The van der Waals surface area contributed by atoms with Gasteiger partial charge < -0.3 is 21.1 Å². The predicted octanol–water partition coefficient (Wildman–Crippen LogP) is -0.310. The number of hydrazine groups is 1. The van der Waals surface area contributed by atoms with Crippen LogP contribution in [-0.2, 0) is 4.79 Å². The number of nitrogens with two attached hydrogens (primary N) is 1. The van der Waals surface area contributed by atoms with E-state index in [9.17, 15) is 29.8 Å². The molecule has 1 heterocycles. The van der Waals surface area contributed by atoms with E-state index < -0.39 is 29.9 Å². The van der Waals surface area contributed by atoms with Crippen LogP contribution in [0, 0.1) is 22.0 Å². The number of carbonyl (C=O) groups is 2. The summed E-state index contributed by atoms with van der Waals surface area (Å²) in [5.74, 6) is -2.66. The highest BCUT2D eigenvalue weighted by atomic mass is 16.7. The minimum absolute atomic E-state index is 0.106. The number of nitrogens with one attached hydrogen (secondary N) is 2. The van der Waals surface area contributed by atoms with Gasteiger partial charge in [0.2, 0.25) is 5.91 Å². The fourth-order valence-electron chi connectivity index (χ4n) is 2.92. The molecule has 0 saturated carbocycles. The first-order valence-corrected chi connectivity index (χ1v) is 9.90. The highest BCUT2D eigenvalue weighted by Gasteiger charge is 2.30. The lowest BCUT2D eigenvalue weighted by atomic mass is 9.74. The van der Waals surface area contributed by atoms with E-state index in [1.54, 1.807) is 17.6 Å². The van der Waals surface area contributed by atoms with Crippen molar-refractivity contribution in [2.24, 2.45) is 22.6 Å². The van der Waals surface area contributed by atoms with Gasteiger partial charge in [0, 0.05) is 36.8 Å². The fourth-order valence-corrected chi connectivity index (χ4v) is 2.92. The average molecular weight is 436 g/mol. The molecule has 12 nitrogen and oxygen atoms in total. The maximum Gasteiger partial charge on any atom is 0.475 e. The number of aliphatic imine (C=N–C) groups is 1. The van der Waals surface area contributed by atoms with Crippen LogP contribution in [0.25, 0.3) is 0 Å². The van der Waals surface area contributed by atoms with Crippen molar-refractivity contribution in [2.45, 2.75) is 45.5 Å². The lowest BCUT2D eigenvalue weighted by Crippen LogP contribution is -2.49. The first kappa shape index (κ1) is 26.0. The summed E-state index contributed by atoms with van der Waals surface area (Å²) in [5.41, 5.74) is 7.43. The molecule has 0 aliphatic rings. The standard InChI is InChI=1S/C18H29BN6O6/c1-12(2)9-16(19(28)29)23-17(27)13(5-4-8-22-18(20)24-25(30)31)10-15(26)14-6-3-7-21-11-14/h3,6-7,11-13,16,28-29H,4-5,8-10H2,1-2H3,(H,23,27)(H3,20,22,24)/t13-,16+/m1/s1. The van der Waals surface area contributed by atoms with Crippen LogP contribution >= 0.6 is 0 Å². The molecule has 6 N–H and O–H groups in total. The van der Waals surface area contributed by atoms with Crippen molar-refractivity contribution in [3.05, 3.63) is 40.2 Å². The molecule has 0 fully saturated rings. The molecule has 0 aromatic carbocycles. The van der Waals surface area contributed by atoms with Crippen LogP contribution in [-0.4, -0.2) is 57.3 Å². The van der Waals surface area contributed by atoms with E-state index in [2.05, 4.69) is 15.3 Å². The van der Waals surface area contributed by atoms with Gasteiger partial charge in [-0.1, -0.05) is 19.3 Å². The molecule has 31 heavy (non-hydrogen) atoms. The average Bonchev–Trinajstić information content (AvgIpc) is 2.69. The Labute approximate surface area is 180 Å². The molecule has 2 atom stereocenters. The number of guanidine groups is 1. The van der Waals surface area contributed by atoms with Gasteiger partial charge in [0.05, 0.1) is 5.94 Å². The van der Waals surface area contributed by atoms with Gasteiger partial charge in [-0.05, 0) is 37.3 Å². The van der Waals surface area contributed by atoms with E-state index in [-0.39, 0.29) is 37.0 Å². The maximum absolute atomic E-state index is 12.8. The second-order valence-corrected chi connectivity index (χ2v) is 7.50. The molecule has 1 aromatic rings. The van der Waals surface area contributed by atoms with E-state index in [4.69, 9.17) is 5.73 Å². The van der Waals surface area contributed by atoms with Gasteiger partial charge >= 0.3 is 7.12 Å². The van der Waals surface area contributed by atoms with Crippen LogP contribution in [0.3, 0.4) is 0 Å². The second kappa shape index (κ2) is 13.3. The molecule has 170 valence electrons. The van der Waals surface area contributed by atoms with E-state index in [0.717, 1.165) is 0 Å². The summed E-state index contributed by atoms with van der Waals surface area (Å²) in [5, 5.41) is 31.2. The summed E-state index contributed by atoms with van der Waals surface area (Å²) in [7, 11) is -1.74. The quantitative estimate of drug-likeness (QED) is 0.0524. The van der Waals surface area contributed by atoms with Crippen molar-refractivity contribution in [3.63, 3.8) is 0 Å². The summed E-state index contributed by atoms with van der Waals surface area (Å²) >= 11 is 0. The van der Waals surface area contributed by atoms with Crippen LogP contribution in [0.15, 0.2) is 29.5 Å². The van der Waals surface area contributed by atoms with Crippen molar-refractivity contribution >= 4 is 24.8 Å². The van der Waals surface area contributed by atoms with E-state index in [1.165, 1.54) is 12.4 Å². The van der Waals surface area contributed by atoms with E-state index in [1.807, 2.05) is 13.8 Å². The zero-order chi connectivity index (χ0) is 23.4. The smallest absolute Gasteiger partial charge is 0.426 e. The topological polar surface area (TPSA) is 193 Å². The van der Waals surface area contributed by atoms with Crippen LogP contribution in [0.5, 0.6) is 0 Å². The Morgan fingerprint density at radius 3 is 2.65 bits per heavy atom. The molecular formula is C18H29BN6O6. The molecule has 0 aliphatic heterocycles. The van der Waals surface area contributed by atoms with Crippen LogP contribution in [0.4, 0.5) is 0 Å². The highest BCUT2D eigenvalue weighted by molar-refractivity contribution is 6.43. The fraction of sp³-hybridized carbons (Fsp3) is 0.556. The zero-order valence-electron chi connectivity index (χ0n) is 17.6. The van der Waals surface area contributed by atoms with Gasteiger partial charge in [-0.2, -0.15) is 0 Å². The molecule has 0 radical (unpaired) electrons. The summed E-state index contributed by atoms with van der Waals surface area (Å²) < 4.78 is 0. The SMILES string of the molecule is CC(C)C[C@H](NC(=O)[C@H](CCCN=C(N)N[N+](=O)[O-])CC(=O)c1cccnc1)B(O)O. The minimum Gasteiger partial charge on any atom is -0.426 e. The molecule has 0 unspecified atom stereocenters. The highest BCUT2D eigenvalue weighted by Crippen LogP contribution is 2.17. The van der Waals surface area contributed by atoms with Gasteiger partial charge in [-0.3, -0.25) is 14.6 Å². The molecule has 1 amide bonds. The number of Topliss-reactive ketones (excluding diaryl/α,β-unsaturated/α-hetero) is 1. The van der Waals surface area contributed by atoms with Crippen LogP contribution in [0.1, 0.15) is 49.9 Å². The number of carbonyl (C=O) groups excluding carboxylic acids is 2. The van der Waals surface area contributed by atoms with Gasteiger partial charge in [0.25, 0.3) is 5.96 Å². The van der Waals surface area contributed by atoms with Crippen molar-refractivity contribution in [2.75, 3.05) is 6.54 Å². The van der Waals surface area contributed by atoms with Crippen molar-refractivity contribution < 1.29 is 24.7 Å². The third-order valence-electron chi connectivity index (χ3n) is 4.40. The summed E-state index contributed by atoms with van der Waals surface area (Å²) in [6.45, 7) is 3.87. The summed E-state index contributed by atoms with van der Waals surface area (Å²) in [6.07, 6.45) is 3.74. The molecule has 13 heteroatoms. The number of pyridine rings is 1. The van der Waals surface area contributed by atoms with Crippen LogP contribution < -0.4 is 16.5 Å². The Morgan fingerprint density at radius 2 is 2.10 bits per heavy atom. The predicted molar refractivity (Wildman–Crippen MR) is 114 cm³/mol. The van der Waals surface area contributed by atoms with E-state index >= 15 is 0 Å². The number of ketones is 1. The van der Waals surface area contributed by atoms with Crippen molar-refractivity contribution in [1.29, 1.82) is 0 Å². The number of hydrogen-bond donors (Lipinski definition) is 5. The Balaban J connectivity index is 2.84. The Morgan fingerprint density at radius 1 is 1.39 bits per heavy atom. The number of aromatic nitrogens is 1. The zero-order valence-corrected chi connectivity index (χ0v) is 17.6.